The quantitative estimate of drug-likeness (QED) is 0.136. The number of hydrogen-bond donors (Lipinski definition) is 1. The SMILES string of the molecule is CCCCCCCCCCCCCCCCCCCCCCCCCCCOC(N)=O. The lowest BCUT2D eigenvalue weighted by Gasteiger charge is -2.04. The van der Waals surface area contributed by atoms with Gasteiger partial charge >= 0.3 is 6.09 Å². The lowest BCUT2D eigenvalue weighted by Crippen LogP contribution is -2.13. The molecule has 0 spiro atoms. The normalized spacial score (nSPS) is 11.1. The maximum Gasteiger partial charge on any atom is 0.404 e. The molecule has 0 aliphatic carbocycles. The molecule has 0 atom stereocenters. The fourth-order valence-electron chi connectivity index (χ4n) is 4.41. The van der Waals surface area contributed by atoms with Gasteiger partial charge in [-0.15, -0.1) is 0 Å². The molecular weight excluding hydrogens is 382 g/mol. The van der Waals surface area contributed by atoms with Gasteiger partial charge in [-0.1, -0.05) is 161 Å². The minimum Gasteiger partial charge on any atom is -0.450 e. The van der Waals surface area contributed by atoms with E-state index >= 15 is 0 Å². The van der Waals surface area contributed by atoms with Gasteiger partial charge in [0, 0.05) is 0 Å². The predicted molar refractivity (Wildman–Crippen MR) is 137 cm³/mol. The predicted octanol–water partition coefficient (Wildman–Crippen LogP) is 9.85. The Hall–Kier alpha value is -0.730. The summed E-state index contributed by atoms with van der Waals surface area (Å²) in [5.41, 5.74) is 4.93. The Morgan fingerprint density at radius 1 is 0.452 bits per heavy atom. The molecule has 186 valence electrons. The number of hydrogen-bond acceptors (Lipinski definition) is 2. The Bertz CT molecular complexity index is 346. The topological polar surface area (TPSA) is 52.3 Å². The van der Waals surface area contributed by atoms with Gasteiger partial charge in [-0.05, 0) is 6.42 Å². The van der Waals surface area contributed by atoms with Crippen molar-refractivity contribution < 1.29 is 9.53 Å². The number of carbonyl (C=O) groups is 1. The third-order valence-corrected chi connectivity index (χ3v) is 6.49. The van der Waals surface area contributed by atoms with E-state index in [2.05, 4.69) is 6.92 Å². The maximum atomic E-state index is 10.4. The van der Waals surface area contributed by atoms with E-state index in [9.17, 15) is 4.79 Å². The van der Waals surface area contributed by atoms with Crippen LogP contribution < -0.4 is 5.73 Å². The van der Waals surface area contributed by atoms with Crippen molar-refractivity contribution in [3.63, 3.8) is 0 Å². The van der Waals surface area contributed by atoms with Crippen LogP contribution in [0, 0.1) is 0 Å². The Kier molecular flexibility index (Phi) is 26.7. The van der Waals surface area contributed by atoms with Crippen molar-refractivity contribution in [1.82, 2.24) is 0 Å². The molecule has 0 aromatic carbocycles. The molecule has 3 nitrogen and oxygen atoms in total. The summed E-state index contributed by atoms with van der Waals surface area (Å²) >= 11 is 0. The zero-order valence-corrected chi connectivity index (χ0v) is 21.3. The van der Waals surface area contributed by atoms with Gasteiger partial charge in [0.25, 0.3) is 0 Å². The van der Waals surface area contributed by atoms with Crippen LogP contribution in [0.5, 0.6) is 0 Å². The molecule has 0 aromatic rings. The van der Waals surface area contributed by atoms with Crippen LogP contribution in [0.2, 0.25) is 0 Å². The zero-order chi connectivity index (χ0) is 22.7. The standard InChI is InChI=1S/C28H57NO2/c1-2-3-4-5-6-7-8-9-10-11-12-13-14-15-16-17-18-19-20-21-22-23-24-25-26-27-31-28(29)30/h2-27H2,1H3,(H2,29,30). The monoisotopic (exact) mass is 439 g/mol. The molecule has 31 heavy (non-hydrogen) atoms. The molecule has 3 heteroatoms. The second-order valence-corrected chi connectivity index (χ2v) is 9.65. The van der Waals surface area contributed by atoms with Gasteiger partial charge in [-0.3, -0.25) is 0 Å². The molecular formula is C28H57NO2. The average molecular weight is 440 g/mol. The van der Waals surface area contributed by atoms with E-state index in [4.69, 9.17) is 10.5 Å². The van der Waals surface area contributed by atoms with E-state index in [1.807, 2.05) is 0 Å². The Balaban J connectivity index is 3.00. The first kappa shape index (κ1) is 30.3. The van der Waals surface area contributed by atoms with Crippen molar-refractivity contribution >= 4 is 6.09 Å². The van der Waals surface area contributed by atoms with Crippen LogP contribution in [0.3, 0.4) is 0 Å². The largest absolute Gasteiger partial charge is 0.450 e. The van der Waals surface area contributed by atoms with Crippen LogP contribution in [0.1, 0.15) is 167 Å². The van der Waals surface area contributed by atoms with Crippen LogP contribution in [-0.2, 0) is 4.74 Å². The van der Waals surface area contributed by atoms with Crippen molar-refractivity contribution in [1.29, 1.82) is 0 Å². The number of ether oxygens (including phenoxy) is 1. The van der Waals surface area contributed by atoms with E-state index in [1.54, 1.807) is 0 Å². The molecule has 0 radical (unpaired) electrons. The molecule has 0 aliphatic rings. The molecule has 0 rings (SSSR count). The Morgan fingerprint density at radius 3 is 0.903 bits per heavy atom. The summed E-state index contributed by atoms with van der Waals surface area (Å²) in [6.07, 6.45) is 34.3. The molecule has 2 N–H and O–H groups in total. The fraction of sp³-hybridized carbons (Fsp3) is 0.964. The summed E-state index contributed by atoms with van der Waals surface area (Å²) < 4.78 is 4.73. The van der Waals surface area contributed by atoms with Crippen LogP contribution >= 0.6 is 0 Å². The molecule has 0 unspecified atom stereocenters. The Labute approximate surface area is 195 Å². The van der Waals surface area contributed by atoms with Gasteiger partial charge in [0.15, 0.2) is 0 Å². The number of rotatable bonds is 26. The van der Waals surface area contributed by atoms with Crippen molar-refractivity contribution in [2.45, 2.75) is 167 Å². The second-order valence-electron chi connectivity index (χ2n) is 9.65. The molecule has 0 aromatic heterocycles. The highest BCUT2D eigenvalue weighted by Gasteiger charge is 1.97. The smallest absolute Gasteiger partial charge is 0.404 e. The first-order chi connectivity index (χ1) is 15.3. The second kappa shape index (κ2) is 27.3. The summed E-state index contributed by atoms with van der Waals surface area (Å²) in [4.78, 5) is 10.4. The number of carbonyl (C=O) groups excluding carboxylic acids is 1. The first-order valence-electron chi connectivity index (χ1n) is 14.2. The summed E-state index contributed by atoms with van der Waals surface area (Å²) in [7, 11) is 0. The molecule has 0 saturated heterocycles. The van der Waals surface area contributed by atoms with E-state index in [1.165, 1.54) is 148 Å². The van der Waals surface area contributed by atoms with Crippen LogP contribution in [0.4, 0.5) is 4.79 Å². The minimum absolute atomic E-state index is 0.481. The highest BCUT2D eigenvalue weighted by molar-refractivity contribution is 5.64. The van der Waals surface area contributed by atoms with Gasteiger partial charge in [0.1, 0.15) is 0 Å². The zero-order valence-electron chi connectivity index (χ0n) is 21.3. The van der Waals surface area contributed by atoms with E-state index in [0.717, 1.165) is 12.8 Å². The highest BCUT2D eigenvalue weighted by atomic mass is 16.5. The van der Waals surface area contributed by atoms with E-state index in [-0.39, 0.29) is 0 Å². The summed E-state index contributed by atoms with van der Waals surface area (Å²) in [6.45, 7) is 2.78. The molecule has 0 fully saturated rings. The number of unbranched alkanes of at least 4 members (excludes halogenated alkanes) is 24. The Morgan fingerprint density at radius 2 is 0.677 bits per heavy atom. The van der Waals surface area contributed by atoms with Crippen molar-refractivity contribution in [2.24, 2.45) is 5.73 Å². The first-order valence-corrected chi connectivity index (χ1v) is 14.2. The number of amides is 1. The molecule has 0 saturated carbocycles. The summed E-state index contributed by atoms with van der Waals surface area (Å²) in [6, 6.07) is 0. The van der Waals surface area contributed by atoms with Gasteiger partial charge in [-0.2, -0.15) is 0 Å². The lowest BCUT2D eigenvalue weighted by molar-refractivity contribution is 0.154. The van der Waals surface area contributed by atoms with Crippen molar-refractivity contribution in [3.8, 4) is 0 Å². The number of primary amides is 1. The van der Waals surface area contributed by atoms with Gasteiger partial charge in [0.05, 0.1) is 6.61 Å². The minimum atomic E-state index is -0.649. The summed E-state index contributed by atoms with van der Waals surface area (Å²) in [5, 5.41) is 0. The molecule has 0 bridgehead atoms. The van der Waals surface area contributed by atoms with Crippen molar-refractivity contribution in [3.05, 3.63) is 0 Å². The van der Waals surface area contributed by atoms with E-state index in [0.29, 0.717) is 6.61 Å². The van der Waals surface area contributed by atoms with Crippen LogP contribution in [0.15, 0.2) is 0 Å². The summed E-state index contributed by atoms with van der Waals surface area (Å²) in [5.74, 6) is 0. The third-order valence-electron chi connectivity index (χ3n) is 6.49. The van der Waals surface area contributed by atoms with Gasteiger partial charge < -0.3 is 10.5 Å². The molecule has 0 heterocycles. The lowest BCUT2D eigenvalue weighted by atomic mass is 10.0. The van der Waals surface area contributed by atoms with Crippen molar-refractivity contribution in [2.75, 3.05) is 6.61 Å². The molecule has 1 amide bonds. The maximum absolute atomic E-state index is 10.4. The highest BCUT2D eigenvalue weighted by Crippen LogP contribution is 2.15. The van der Waals surface area contributed by atoms with E-state index < -0.39 is 6.09 Å². The van der Waals surface area contributed by atoms with Gasteiger partial charge in [-0.25, -0.2) is 4.79 Å². The molecule has 0 aliphatic heterocycles. The van der Waals surface area contributed by atoms with Gasteiger partial charge in [0.2, 0.25) is 0 Å². The van der Waals surface area contributed by atoms with Crippen LogP contribution in [0.25, 0.3) is 0 Å². The fourth-order valence-corrected chi connectivity index (χ4v) is 4.41. The number of nitrogens with two attached hydrogens (primary N) is 1. The third kappa shape index (κ3) is 29.3. The van der Waals surface area contributed by atoms with Crippen LogP contribution in [-0.4, -0.2) is 12.7 Å². The average Bonchev–Trinajstić information content (AvgIpc) is 2.76.